The highest BCUT2D eigenvalue weighted by atomic mass is 16.2. The second-order valence-electron chi connectivity index (χ2n) is 12.0. The van der Waals surface area contributed by atoms with Gasteiger partial charge in [-0.15, -0.1) is 0 Å². The Morgan fingerprint density at radius 3 is 2.58 bits per heavy atom. The van der Waals surface area contributed by atoms with Gasteiger partial charge in [-0.2, -0.15) is 0 Å². The molecular weight excluding hydrogens is 408 g/mol. The summed E-state index contributed by atoms with van der Waals surface area (Å²) in [5, 5.41) is 3.15. The lowest BCUT2D eigenvalue weighted by Gasteiger charge is -2.59. The van der Waals surface area contributed by atoms with Crippen LogP contribution in [0.3, 0.4) is 0 Å². The molecule has 1 heterocycles. The highest BCUT2D eigenvalue weighted by Crippen LogP contribution is 2.65. The van der Waals surface area contributed by atoms with Crippen molar-refractivity contribution in [3.05, 3.63) is 47.2 Å². The Hall–Kier alpha value is -2.10. The van der Waals surface area contributed by atoms with E-state index in [9.17, 15) is 9.59 Å². The van der Waals surface area contributed by atoms with Gasteiger partial charge in [-0.05, 0) is 81.1 Å². The SMILES string of the molecule is CC1=C2N(C)C(=O)C(C(=O)NC(C)c3ccccc3)C[C@]2(C)[C@@H]2CC[C@]3(C)CCC[C@H]3[C@@H]2C1. The quantitative estimate of drug-likeness (QED) is 0.589. The molecule has 2 unspecified atom stereocenters. The molecule has 4 nitrogen and oxygen atoms in total. The number of benzene rings is 1. The van der Waals surface area contributed by atoms with Gasteiger partial charge in [0.05, 0.1) is 6.04 Å². The lowest BCUT2D eigenvalue weighted by Crippen LogP contribution is -2.58. The van der Waals surface area contributed by atoms with Crippen molar-refractivity contribution >= 4 is 11.8 Å². The zero-order valence-corrected chi connectivity index (χ0v) is 21.0. The molecule has 0 aromatic heterocycles. The standard InChI is InChI=1S/C29H40N2O2/c1-18-16-21-23-12-9-14-28(23,3)15-13-24(21)29(4)17-22(27(33)31(5)25(18)29)26(32)30-19(2)20-10-7-6-8-11-20/h6-8,10-11,19,21-24H,9,12-17H2,1-5H3,(H,30,32)/t19?,21-,22?,23-,24+,28-,29+/m0/s1. The first-order valence-corrected chi connectivity index (χ1v) is 13.0. The van der Waals surface area contributed by atoms with Crippen molar-refractivity contribution in [2.45, 2.75) is 78.7 Å². The maximum absolute atomic E-state index is 13.5. The van der Waals surface area contributed by atoms with Gasteiger partial charge in [-0.25, -0.2) is 0 Å². The molecule has 1 aliphatic heterocycles. The fourth-order valence-electron chi connectivity index (χ4n) is 8.59. The largest absolute Gasteiger partial charge is 0.349 e. The van der Waals surface area contributed by atoms with Crippen LogP contribution in [-0.2, 0) is 9.59 Å². The average molecular weight is 449 g/mol. The summed E-state index contributed by atoms with van der Waals surface area (Å²) in [6.07, 6.45) is 8.35. The smallest absolute Gasteiger partial charge is 0.239 e. The number of hydrogen-bond donors (Lipinski definition) is 1. The number of amides is 2. The summed E-state index contributed by atoms with van der Waals surface area (Å²) in [5.74, 6) is 1.26. The first-order chi connectivity index (χ1) is 15.7. The third-order valence-electron chi connectivity index (χ3n) is 10.1. The Bertz CT molecular complexity index is 985. The maximum Gasteiger partial charge on any atom is 0.239 e. The number of rotatable bonds is 3. The van der Waals surface area contributed by atoms with Crippen molar-refractivity contribution in [1.29, 1.82) is 0 Å². The van der Waals surface area contributed by atoms with E-state index in [4.69, 9.17) is 0 Å². The number of carbonyl (C=O) groups excluding carboxylic acids is 2. The Labute approximate surface area is 199 Å². The molecule has 4 heteroatoms. The lowest BCUT2D eigenvalue weighted by atomic mass is 9.48. The number of nitrogens with zero attached hydrogens (tertiary/aromatic N) is 1. The molecular formula is C29H40N2O2. The number of carbonyl (C=O) groups is 2. The molecule has 178 valence electrons. The van der Waals surface area contributed by atoms with Gasteiger partial charge in [0.1, 0.15) is 5.92 Å². The fraction of sp³-hybridized carbons (Fsp3) is 0.655. The third kappa shape index (κ3) is 3.47. The van der Waals surface area contributed by atoms with Crippen molar-refractivity contribution in [1.82, 2.24) is 10.2 Å². The molecule has 1 saturated heterocycles. The summed E-state index contributed by atoms with van der Waals surface area (Å²) in [6.45, 7) is 9.13. The molecule has 4 aliphatic rings. The molecule has 0 spiro atoms. The monoisotopic (exact) mass is 448 g/mol. The van der Waals surface area contributed by atoms with E-state index in [1.165, 1.54) is 43.4 Å². The molecule has 1 N–H and O–H groups in total. The molecule has 0 radical (unpaired) electrons. The van der Waals surface area contributed by atoms with Crippen molar-refractivity contribution in [2.75, 3.05) is 7.05 Å². The van der Waals surface area contributed by atoms with Gasteiger partial charge in [0.15, 0.2) is 0 Å². The van der Waals surface area contributed by atoms with Gasteiger partial charge >= 0.3 is 0 Å². The van der Waals surface area contributed by atoms with Gasteiger partial charge in [-0.1, -0.05) is 56.2 Å². The van der Waals surface area contributed by atoms with Crippen molar-refractivity contribution < 1.29 is 9.59 Å². The van der Waals surface area contributed by atoms with Gasteiger partial charge in [-0.3, -0.25) is 9.59 Å². The van der Waals surface area contributed by atoms with Crippen LogP contribution in [0.1, 0.15) is 84.2 Å². The number of nitrogens with one attached hydrogen (secondary N) is 1. The number of fused-ring (bicyclic) bond motifs is 5. The van der Waals surface area contributed by atoms with Gasteiger partial charge in [0.2, 0.25) is 11.8 Å². The van der Waals surface area contributed by atoms with Crippen LogP contribution >= 0.6 is 0 Å². The first kappa shape index (κ1) is 22.7. The fourth-order valence-corrected chi connectivity index (χ4v) is 8.59. The molecule has 2 saturated carbocycles. The number of likely N-dealkylation sites (tertiary alicyclic amines) is 1. The van der Waals surface area contributed by atoms with Crippen molar-refractivity contribution in [2.24, 2.45) is 34.5 Å². The molecule has 7 atom stereocenters. The van der Waals surface area contributed by atoms with Crippen LogP contribution in [0.4, 0.5) is 0 Å². The molecule has 1 aromatic carbocycles. The van der Waals surface area contributed by atoms with Gasteiger partial charge in [0, 0.05) is 18.2 Å². The van der Waals surface area contributed by atoms with Crippen molar-refractivity contribution in [3.8, 4) is 0 Å². The summed E-state index contributed by atoms with van der Waals surface area (Å²) in [7, 11) is 1.91. The Balaban J connectivity index is 1.44. The Kier molecular flexibility index (Phi) is 5.49. The summed E-state index contributed by atoms with van der Waals surface area (Å²) in [5.41, 5.74) is 4.04. The summed E-state index contributed by atoms with van der Waals surface area (Å²) in [6, 6.07) is 9.89. The van der Waals surface area contributed by atoms with E-state index < -0.39 is 5.92 Å². The van der Waals surface area contributed by atoms with Crippen LogP contribution in [0.25, 0.3) is 0 Å². The summed E-state index contributed by atoms with van der Waals surface area (Å²) in [4.78, 5) is 28.8. The molecule has 0 bridgehead atoms. The lowest BCUT2D eigenvalue weighted by molar-refractivity contribution is -0.149. The Morgan fingerprint density at radius 1 is 1.12 bits per heavy atom. The van der Waals surface area contributed by atoms with Crippen LogP contribution < -0.4 is 5.32 Å². The third-order valence-corrected chi connectivity index (χ3v) is 10.1. The molecule has 3 aliphatic carbocycles. The minimum Gasteiger partial charge on any atom is -0.349 e. The number of piperidine rings is 1. The van der Waals surface area contributed by atoms with Crippen LogP contribution in [0.2, 0.25) is 0 Å². The topological polar surface area (TPSA) is 49.4 Å². The van der Waals surface area contributed by atoms with E-state index in [1.54, 1.807) is 0 Å². The zero-order chi connectivity index (χ0) is 23.5. The Morgan fingerprint density at radius 2 is 1.85 bits per heavy atom. The molecule has 2 amide bonds. The van der Waals surface area contributed by atoms with E-state index in [-0.39, 0.29) is 23.3 Å². The second-order valence-corrected chi connectivity index (χ2v) is 12.0. The highest BCUT2D eigenvalue weighted by Gasteiger charge is 2.60. The molecule has 5 rings (SSSR count). The van der Waals surface area contributed by atoms with Crippen LogP contribution in [-0.4, -0.2) is 23.8 Å². The van der Waals surface area contributed by atoms with Crippen LogP contribution in [0, 0.1) is 34.5 Å². The highest BCUT2D eigenvalue weighted by molar-refractivity contribution is 6.02. The van der Waals surface area contributed by atoms with Crippen molar-refractivity contribution in [3.63, 3.8) is 0 Å². The predicted molar refractivity (Wildman–Crippen MR) is 131 cm³/mol. The van der Waals surface area contributed by atoms with E-state index >= 15 is 0 Å². The van der Waals surface area contributed by atoms with Crippen LogP contribution in [0.5, 0.6) is 0 Å². The predicted octanol–water partition coefficient (Wildman–Crippen LogP) is 5.86. The molecule has 3 fully saturated rings. The minimum atomic E-state index is -0.613. The van der Waals surface area contributed by atoms with E-state index in [0.717, 1.165) is 17.9 Å². The van der Waals surface area contributed by atoms with Crippen LogP contribution in [0.15, 0.2) is 41.6 Å². The number of hydrogen-bond acceptors (Lipinski definition) is 2. The number of allylic oxidation sites excluding steroid dienone is 2. The van der Waals surface area contributed by atoms with Gasteiger partial charge in [0.25, 0.3) is 0 Å². The summed E-state index contributed by atoms with van der Waals surface area (Å²) >= 11 is 0. The zero-order valence-electron chi connectivity index (χ0n) is 21.0. The molecule has 33 heavy (non-hydrogen) atoms. The van der Waals surface area contributed by atoms with Gasteiger partial charge < -0.3 is 10.2 Å². The van der Waals surface area contributed by atoms with E-state index in [1.807, 2.05) is 49.2 Å². The first-order valence-electron chi connectivity index (χ1n) is 13.0. The normalized spacial score (nSPS) is 38.9. The minimum absolute atomic E-state index is 0.0421. The molecule has 1 aromatic rings. The van der Waals surface area contributed by atoms with E-state index in [2.05, 4.69) is 26.1 Å². The maximum atomic E-state index is 13.5. The average Bonchev–Trinajstić information content (AvgIpc) is 3.19. The van der Waals surface area contributed by atoms with E-state index in [0.29, 0.717) is 23.7 Å². The summed E-state index contributed by atoms with van der Waals surface area (Å²) < 4.78 is 0. The second kappa shape index (κ2) is 7.99.